The molecule has 0 aliphatic carbocycles. The highest BCUT2D eigenvalue weighted by atomic mass is 35.5. The quantitative estimate of drug-likeness (QED) is 0.524. The predicted octanol–water partition coefficient (Wildman–Crippen LogP) is 2.48. The molecular formula is C9H5Cl2FO. The van der Waals surface area contributed by atoms with Crippen LogP contribution in [0.15, 0.2) is 12.1 Å². The van der Waals surface area contributed by atoms with Gasteiger partial charge in [0.15, 0.2) is 0 Å². The van der Waals surface area contributed by atoms with Gasteiger partial charge in [-0.1, -0.05) is 35.0 Å². The molecule has 4 heteroatoms. The lowest BCUT2D eigenvalue weighted by molar-refractivity contribution is 0.350. The molecule has 1 aromatic carbocycles. The van der Waals surface area contributed by atoms with Crippen LogP contribution in [-0.4, -0.2) is 11.7 Å². The van der Waals surface area contributed by atoms with E-state index in [1.165, 1.54) is 6.07 Å². The Balaban J connectivity index is 3.20. The van der Waals surface area contributed by atoms with Gasteiger partial charge in [-0.15, -0.1) is 0 Å². The molecule has 0 aliphatic heterocycles. The van der Waals surface area contributed by atoms with Gasteiger partial charge in [0.2, 0.25) is 0 Å². The summed E-state index contributed by atoms with van der Waals surface area (Å²) < 4.78 is 12.9. The molecule has 0 spiro atoms. The Morgan fingerprint density at radius 3 is 2.69 bits per heavy atom. The van der Waals surface area contributed by atoms with Crippen LogP contribution in [0.25, 0.3) is 0 Å². The predicted molar refractivity (Wildman–Crippen MR) is 50.4 cm³/mol. The molecule has 0 saturated heterocycles. The standard InChI is InChI=1S/C9H5Cl2FO/c10-7-4-6(2-1-3-13)9(11)8(12)5-7/h4-5,13H,3H2. The normalized spacial score (nSPS) is 9.23. The Morgan fingerprint density at radius 1 is 1.38 bits per heavy atom. The average Bonchev–Trinajstić information content (AvgIpc) is 2.09. The second-order valence-corrected chi connectivity index (χ2v) is 3.02. The second kappa shape index (κ2) is 4.48. The van der Waals surface area contributed by atoms with E-state index in [4.69, 9.17) is 28.3 Å². The molecule has 0 radical (unpaired) electrons. The van der Waals surface area contributed by atoms with Crippen LogP contribution in [0, 0.1) is 17.7 Å². The highest BCUT2D eigenvalue weighted by molar-refractivity contribution is 6.34. The molecule has 0 fully saturated rings. The van der Waals surface area contributed by atoms with Crippen molar-refractivity contribution < 1.29 is 9.50 Å². The zero-order chi connectivity index (χ0) is 9.84. The molecule has 1 nitrogen and oxygen atoms in total. The van der Waals surface area contributed by atoms with Crippen LogP contribution in [-0.2, 0) is 0 Å². The summed E-state index contributed by atoms with van der Waals surface area (Å²) in [5, 5.41) is 8.56. The number of aliphatic hydroxyl groups is 1. The van der Waals surface area contributed by atoms with Crippen LogP contribution in [0.5, 0.6) is 0 Å². The van der Waals surface area contributed by atoms with Crippen LogP contribution >= 0.6 is 23.2 Å². The van der Waals surface area contributed by atoms with Gasteiger partial charge in [-0.05, 0) is 12.1 Å². The maximum atomic E-state index is 12.9. The van der Waals surface area contributed by atoms with Crippen molar-refractivity contribution in [3.05, 3.63) is 33.6 Å². The summed E-state index contributed by atoms with van der Waals surface area (Å²) in [6.07, 6.45) is 0. The second-order valence-electron chi connectivity index (χ2n) is 2.21. The minimum absolute atomic E-state index is 0.0784. The Bertz CT molecular complexity index is 379. The monoisotopic (exact) mass is 218 g/mol. The van der Waals surface area contributed by atoms with Crippen molar-refractivity contribution in [1.29, 1.82) is 0 Å². The Kier molecular flexibility index (Phi) is 3.56. The highest BCUT2D eigenvalue weighted by Gasteiger charge is 2.05. The molecule has 0 unspecified atom stereocenters. The topological polar surface area (TPSA) is 20.2 Å². The lowest BCUT2D eigenvalue weighted by Gasteiger charge is -1.98. The average molecular weight is 219 g/mol. The van der Waals surface area contributed by atoms with E-state index in [2.05, 4.69) is 11.8 Å². The van der Waals surface area contributed by atoms with Crippen molar-refractivity contribution in [2.45, 2.75) is 0 Å². The fourth-order valence-corrected chi connectivity index (χ4v) is 1.14. The summed E-state index contributed by atoms with van der Waals surface area (Å²) in [6, 6.07) is 2.55. The van der Waals surface area contributed by atoms with E-state index in [1.807, 2.05) is 0 Å². The van der Waals surface area contributed by atoms with Gasteiger partial charge in [0.1, 0.15) is 12.4 Å². The maximum Gasteiger partial charge on any atom is 0.144 e. The molecule has 68 valence electrons. The van der Waals surface area contributed by atoms with Gasteiger partial charge in [0.05, 0.1) is 5.02 Å². The molecule has 0 saturated carbocycles. The van der Waals surface area contributed by atoms with E-state index >= 15 is 0 Å². The molecule has 0 atom stereocenters. The van der Waals surface area contributed by atoms with E-state index in [0.29, 0.717) is 0 Å². The fraction of sp³-hybridized carbons (Fsp3) is 0.111. The van der Waals surface area contributed by atoms with Crippen molar-refractivity contribution in [2.24, 2.45) is 0 Å². The number of benzene rings is 1. The largest absolute Gasteiger partial charge is 0.384 e. The van der Waals surface area contributed by atoms with Crippen LogP contribution in [0.1, 0.15) is 5.56 Å². The molecule has 1 rings (SSSR count). The van der Waals surface area contributed by atoms with E-state index in [0.717, 1.165) is 6.07 Å². The Labute approximate surface area is 85.1 Å². The number of rotatable bonds is 0. The lowest BCUT2D eigenvalue weighted by Crippen LogP contribution is -1.84. The molecule has 1 N–H and O–H groups in total. The van der Waals surface area contributed by atoms with Gasteiger partial charge < -0.3 is 5.11 Å². The smallest absolute Gasteiger partial charge is 0.144 e. The zero-order valence-corrected chi connectivity index (χ0v) is 7.95. The minimum Gasteiger partial charge on any atom is -0.384 e. The summed E-state index contributed by atoms with van der Waals surface area (Å²) in [5.74, 6) is 4.23. The molecule has 0 aliphatic rings. The van der Waals surface area contributed by atoms with Crippen LogP contribution < -0.4 is 0 Å². The van der Waals surface area contributed by atoms with E-state index in [1.54, 1.807) is 0 Å². The van der Waals surface area contributed by atoms with Crippen molar-refractivity contribution >= 4 is 23.2 Å². The fourth-order valence-electron chi connectivity index (χ4n) is 0.782. The summed E-state index contributed by atoms with van der Waals surface area (Å²) >= 11 is 11.2. The number of halogens is 3. The molecule has 13 heavy (non-hydrogen) atoms. The number of hydrogen-bond donors (Lipinski definition) is 1. The van der Waals surface area contributed by atoms with Gasteiger partial charge in [0.25, 0.3) is 0 Å². The molecular weight excluding hydrogens is 214 g/mol. The van der Waals surface area contributed by atoms with Crippen molar-refractivity contribution in [1.82, 2.24) is 0 Å². The van der Waals surface area contributed by atoms with E-state index in [9.17, 15) is 4.39 Å². The third-order valence-electron chi connectivity index (χ3n) is 1.30. The molecule has 1 aromatic rings. The molecule has 0 amide bonds. The molecule has 0 bridgehead atoms. The Hall–Kier alpha value is -0.750. The first-order valence-electron chi connectivity index (χ1n) is 3.39. The number of hydrogen-bond acceptors (Lipinski definition) is 1. The summed E-state index contributed by atoms with van der Waals surface area (Å²) in [4.78, 5) is 0. The zero-order valence-electron chi connectivity index (χ0n) is 6.44. The van der Waals surface area contributed by atoms with Crippen molar-refractivity contribution in [3.8, 4) is 11.8 Å². The highest BCUT2D eigenvalue weighted by Crippen LogP contribution is 2.23. The van der Waals surface area contributed by atoms with Crippen molar-refractivity contribution in [3.63, 3.8) is 0 Å². The van der Waals surface area contributed by atoms with Crippen LogP contribution in [0.2, 0.25) is 10.0 Å². The summed E-state index contributed by atoms with van der Waals surface area (Å²) in [5.41, 5.74) is 0.278. The van der Waals surface area contributed by atoms with E-state index in [-0.39, 0.29) is 22.2 Å². The van der Waals surface area contributed by atoms with Crippen LogP contribution in [0.4, 0.5) is 4.39 Å². The number of aliphatic hydroxyl groups excluding tert-OH is 1. The first-order valence-corrected chi connectivity index (χ1v) is 4.15. The lowest BCUT2D eigenvalue weighted by atomic mass is 10.2. The summed E-state index contributed by atoms with van der Waals surface area (Å²) in [6.45, 7) is -0.301. The molecule has 0 heterocycles. The first kappa shape index (κ1) is 10.3. The van der Waals surface area contributed by atoms with Gasteiger partial charge in [0, 0.05) is 10.6 Å². The van der Waals surface area contributed by atoms with Crippen LogP contribution in [0.3, 0.4) is 0 Å². The van der Waals surface area contributed by atoms with Gasteiger partial charge in [-0.2, -0.15) is 0 Å². The SMILES string of the molecule is OCC#Cc1cc(Cl)cc(F)c1Cl. The molecule has 0 aromatic heterocycles. The minimum atomic E-state index is -0.614. The van der Waals surface area contributed by atoms with E-state index < -0.39 is 5.82 Å². The van der Waals surface area contributed by atoms with Gasteiger partial charge in [-0.25, -0.2) is 4.39 Å². The first-order chi connectivity index (χ1) is 6.15. The van der Waals surface area contributed by atoms with Gasteiger partial charge >= 0.3 is 0 Å². The van der Waals surface area contributed by atoms with Crippen molar-refractivity contribution in [2.75, 3.05) is 6.61 Å². The Morgan fingerprint density at radius 2 is 2.08 bits per heavy atom. The van der Waals surface area contributed by atoms with Gasteiger partial charge in [-0.3, -0.25) is 0 Å². The maximum absolute atomic E-state index is 12.9. The summed E-state index contributed by atoms with van der Waals surface area (Å²) in [7, 11) is 0. The third-order valence-corrected chi connectivity index (χ3v) is 1.90. The third kappa shape index (κ3) is 2.60.